The molecule has 1 aliphatic carbocycles. The molecule has 0 atom stereocenters. The summed E-state index contributed by atoms with van der Waals surface area (Å²) in [6.45, 7) is 1.67. The molecule has 0 aromatic carbocycles. The van der Waals surface area contributed by atoms with Crippen LogP contribution in [0.15, 0.2) is 0 Å². The second-order valence-electron chi connectivity index (χ2n) is 4.41. The van der Waals surface area contributed by atoms with E-state index in [2.05, 4.69) is 10.6 Å². The van der Waals surface area contributed by atoms with Gasteiger partial charge in [-0.25, -0.2) is 8.42 Å². The van der Waals surface area contributed by atoms with Gasteiger partial charge >= 0.3 is 0 Å². The number of nitrogens with one attached hydrogen (secondary N) is 2. The van der Waals surface area contributed by atoms with Gasteiger partial charge in [0.2, 0.25) is 5.91 Å². The first kappa shape index (κ1) is 13.4. The van der Waals surface area contributed by atoms with Gasteiger partial charge in [0.15, 0.2) is 0 Å². The van der Waals surface area contributed by atoms with Gasteiger partial charge in [-0.1, -0.05) is 0 Å². The summed E-state index contributed by atoms with van der Waals surface area (Å²) in [6, 6.07) is 0. The maximum absolute atomic E-state index is 11.2. The summed E-state index contributed by atoms with van der Waals surface area (Å²) in [5.41, 5.74) is 0. The fourth-order valence-electron chi connectivity index (χ4n) is 1.34. The van der Waals surface area contributed by atoms with Crippen LogP contribution in [0.25, 0.3) is 0 Å². The van der Waals surface area contributed by atoms with E-state index in [1.54, 1.807) is 0 Å². The topological polar surface area (TPSA) is 75.3 Å². The van der Waals surface area contributed by atoms with Crippen LogP contribution in [-0.2, 0) is 14.6 Å². The third kappa shape index (κ3) is 7.64. The van der Waals surface area contributed by atoms with E-state index >= 15 is 0 Å². The molecule has 0 heterocycles. The smallest absolute Gasteiger partial charge is 0.233 e. The number of carbonyl (C=O) groups is 1. The van der Waals surface area contributed by atoms with Crippen molar-refractivity contribution in [2.75, 3.05) is 31.6 Å². The van der Waals surface area contributed by atoms with Crippen molar-refractivity contribution in [3.8, 4) is 0 Å². The van der Waals surface area contributed by atoms with Gasteiger partial charge in [0.1, 0.15) is 9.84 Å². The molecule has 0 unspecified atom stereocenters. The minimum atomic E-state index is -2.91. The standard InChI is InChI=1S/C10H20N2O3S/c1-16(14,15)6-2-5-12-10(13)8-11-7-9-3-4-9/h9,11H,2-8H2,1H3,(H,12,13). The van der Waals surface area contributed by atoms with E-state index in [9.17, 15) is 13.2 Å². The van der Waals surface area contributed by atoms with Crippen molar-refractivity contribution in [3.63, 3.8) is 0 Å². The molecule has 0 saturated heterocycles. The highest BCUT2D eigenvalue weighted by molar-refractivity contribution is 7.90. The normalized spacial score (nSPS) is 16.1. The van der Waals surface area contributed by atoms with Gasteiger partial charge in [-0.2, -0.15) is 0 Å². The first-order valence-electron chi connectivity index (χ1n) is 5.62. The summed E-state index contributed by atoms with van der Waals surface area (Å²) in [7, 11) is -2.91. The van der Waals surface area contributed by atoms with Gasteiger partial charge in [-0.05, 0) is 31.7 Å². The van der Waals surface area contributed by atoms with Crippen LogP contribution in [0, 0.1) is 5.92 Å². The number of hydrogen-bond donors (Lipinski definition) is 2. The van der Waals surface area contributed by atoms with Crippen molar-refractivity contribution >= 4 is 15.7 Å². The van der Waals surface area contributed by atoms with Crippen molar-refractivity contribution in [1.82, 2.24) is 10.6 Å². The highest BCUT2D eigenvalue weighted by Crippen LogP contribution is 2.27. The van der Waals surface area contributed by atoms with E-state index in [1.807, 2.05) is 0 Å². The maximum atomic E-state index is 11.2. The lowest BCUT2D eigenvalue weighted by molar-refractivity contribution is -0.120. The van der Waals surface area contributed by atoms with Crippen LogP contribution in [0.4, 0.5) is 0 Å². The molecular weight excluding hydrogens is 228 g/mol. The Hall–Kier alpha value is -0.620. The molecule has 2 N–H and O–H groups in total. The molecule has 6 heteroatoms. The Morgan fingerprint density at radius 1 is 1.38 bits per heavy atom. The lowest BCUT2D eigenvalue weighted by atomic mass is 10.4. The van der Waals surface area contributed by atoms with Gasteiger partial charge in [-0.3, -0.25) is 4.79 Å². The minimum absolute atomic E-state index is 0.0610. The molecule has 1 fully saturated rings. The predicted molar refractivity (Wildman–Crippen MR) is 62.9 cm³/mol. The van der Waals surface area contributed by atoms with E-state index in [-0.39, 0.29) is 11.7 Å². The zero-order valence-corrected chi connectivity index (χ0v) is 10.5. The third-order valence-electron chi connectivity index (χ3n) is 2.43. The Bertz CT molecular complexity index is 323. The highest BCUT2D eigenvalue weighted by atomic mass is 32.2. The van der Waals surface area contributed by atoms with E-state index in [4.69, 9.17) is 0 Å². The molecule has 16 heavy (non-hydrogen) atoms. The van der Waals surface area contributed by atoms with E-state index < -0.39 is 9.84 Å². The predicted octanol–water partition coefficient (Wildman–Crippen LogP) is -0.463. The summed E-state index contributed by atoms with van der Waals surface area (Å²) in [5, 5.41) is 5.76. The molecule has 94 valence electrons. The molecule has 0 radical (unpaired) electrons. The molecule has 0 aromatic heterocycles. The molecule has 0 spiro atoms. The third-order valence-corrected chi connectivity index (χ3v) is 3.46. The average molecular weight is 248 g/mol. The molecule has 5 nitrogen and oxygen atoms in total. The maximum Gasteiger partial charge on any atom is 0.233 e. The fourth-order valence-corrected chi connectivity index (χ4v) is 2.01. The van der Waals surface area contributed by atoms with Crippen molar-refractivity contribution in [2.24, 2.45) is 5.92 Å². The number of amides is 1. The zero-order valence-electron chi connectivity index (χ0n) is 9.66. The summed E-state index contributed by atoms with van der Waals surface area (Å²) in [5.74, 6) is 0.829. The second kappa shape index (κ2) is 6.20. The summed E-state index contributed by atoms with van der Waals surface area (Å²) in [6.07, 6.45) is 4.21. The zero-order chi connectivity index (χ0) is 12.0. The number of sulfone groups is 1. The molecular formula is C10H20N2O3S. The first-order chi connectivity index (χ1) is 7.47. The highest BCUT2D eigenvalue weighted by Gasteiger charge is 2.20. The van der Waals surface area contributed by atoms with Gasteiger partial charge < -0.3 is 10.6 Å². The number of rotatable bonds is 8. The van der Waals surface area contributed by atoms with Crippen molar-refractivity contribution < 1.29 is 13.2 Å². The van der Waals surface area contributed by atoms with Crippen molar-refractivity contribution in [1.29, 1.82) is 0 Å². The van der Waals surface area contributed by atoms with Crippen LogP contribution in [0.5, 0.6) is 0 Å². The van der Waals surface area contributed by atoms with Gasteiger partial charge in [0.05, 0.1) is 12.3 Å². The van der Waals surface area contributed by atoms with Crippen LogP contribution in [0.1, 0.15) is 19.3 Å². The molecule has 0 bridgehead atoms. The van der Waals surface area contributed by atoms with Gasteiger partial charge in [-0.15, -0.1) is 0 Å². The van der Waals surface area contributed by atoms with Crippen LogP contribution >= 0.6 is 0 Å². The summed E-state index contributed by atoms with van der Waals surface area (Å²) < 4.78 is 21.6. The van der Waals surface area contributed by atoms with E-state index in [0.29, 0.717) is 19.5 Å². The van der Waals surface area contributed by atoms with Crippen LogP contribution in [0.3, 0.4) is 0 Å². The van der Waals surface area contributed by atoms with E-state index in [1.165, 1.54) is 19.1 Å². The van der Waals surface area contributed by atoms with Crippen molar-refractivity contribution in [3.05, 3.63) is 0 Å². The number of carbonyl (C=O) groups excluding carboxylic acids is 1. The Morgan fingerprint density at radius 2 is 2.06 bits per heavy atom. The van der Waals surface area contributed by atoms with E-state index in [0.717, 1.165) is 12.5 Å². The lowest BCUT2D eigenvalue weighted by Gasteiger charge is -2.05. The molecule has 1 aliphatic rings. The fraction of sp³-hybridized carbons (Fsp3) is 0.900. The first-order valence-corrected chi connectivity index (χ1v) is 7.68. The molecule has 0 aromatic rings. The van der Waals surface area contributed by atoms with Gasteiger partial charge in [0, 0.05) is 12.8 Å². The Morgan fingerprint density at radius 3 is 2.62 bits per heavy atom. The minimum Gasteiger partial charge on any atom is -0.355 e. The Labute approximate surface area is 96.9 Å². The molecule has 0 aliphatic heterocycles. The van der Waals surface area contributed by atoms with Crippen LogP contribution < -0.4 is 10.6 Å². The second-order valence-corrected chi connectivity index (χ2v) is 6.67. The molecule has 1 amide bonds. The monoisotopic (exact) mass is 248 g/mol. The van der Waals surface area contributed by atoms with Crippen molar-refractivity contribution in [2.45, 2.75) is 19.3 Å². The van der Waals surface area contributed by atoms with Crippen LogP contribution in [-0.4, -0.2) is 46.0 Å². The number of hydrogen-bond acceptors (Lipinski definition) is 4. The Balaban J connectivity index is 1.92. The SMILES string of the molecule is CS(=O)(=O)CCCNC(=O)CNCC1CC1. The quantitative estimate of drug-likeness (QED) is 0.570. The molecule has 1 rings (SSSR count). The van der Waals surface area contributed by atoms with Crippen LogP contribution in [0.2, 0.25) is 0 Å². The Kier molecular flexibility index (Phi) is 5.21. The molecule has 1 saturated carbocycles. The summed E-state index contributed by atoms with van der Waals surface area (Å²) in [4.78, 5) is 11.2. The van der Waals surface area contributed by atoms with Gasteiger partial charge in [0.25, 0.3) is 0 Å². The lowest BCUT2D eigenvalue weighted by Crippen LogP contribution is -2.35. The largest absolute Gasteiger partial charge is 0.355 e. The average Bonchev–Trinajstić information content (AvgIpc) is 2.95. The summed E-state index contributed by atoms with van der Waals surface area (Å²) >= 11 is 0.